The Labute approximate surface area is 62.4 Å². The molecule has 0 aliphatic rings. The minimum absolute atomic E-state index is 0.0162. The highest BCUT2D eigenvalue weighted by Crippen LogP contribution is 2.13. The van der Waals surface area contributed by atoms with E-state index in [1.165, 1.54) is 0 Å². The third-order valence-electron chi connectivity index (χ3n) is 1.47. The van der Waals surface area contributed by atoms with E-state index in [-0.39, 0.29) is 5.92 Å². The first-order valence-electron chi connectivity index (χ1n) is 3.60. The van der Waals surface area contributed by atoms with Gasteiger partial charge in [-0.25, -0.2) is 4.39 Å². The van der Waals surface area contributed by atoms with Crippen molar-refractivity contribution in [2.75, 3.05) is 0 Å². The molecule has 0 bridgehead atoms. The van der Waals surface area contributed by atoms with Gasteiger partial charge in [-0.05, 0) is 20.3 Å². The molecule has 0 amide bonds. The predicted molar refractivity (Wildman–Crippen MR) is 43.7 cm³/mol. The lowest BCUT2D eigenvalue weighted by Gasteiger charge is -2.10. The molecular weight excluding hydrogens is 127 g/mol. The van der Waals surface area contributed by atoms with Crippen LogP contribution in [0.1, 0.15) is 20.3 Å². The van der Waals surface area contributed by atoms with E-state index < -0.39 is 6.17 Å². The minimum atomic E-state index is -0.769. The van der Waals surface area contributed by atoms with Gasteiger partial charge in [0.1, 0.15) is 6.17 Å². The molecule has 0 aliphatic carbocycles. The van der Waals surface area contributed by atoms with Gasteiger partial charge in [-0.1, -0.05) is 18.2 Å². The van der Waals surface area contributed by atoms with E-state index in [1.54, 1.807) is 13.0 Å². The zero-order valence-corrected chi connectivity index (χ0v) is 6.68. The zero-order chi connectivity index (χ0) is 7.98. The van der Waals surface area contributed by atoms with Gasteiger partial charge in [0, 0.05) is 5.92 Å². The van der Waals surface area contributed by atoms with Crippen molar-refractivity contribution in [1.29, 1.82) is 0 Å². The Hall–Kier alpha value is -0.590. The summed E-state index contributed by atoms with van der Waals surface area (Å²) >= 11 is 0. The van der Waals surface area contributed by atoms with Crippen LogP contribution >= 0.6 is 0 Å². The van der Waals surface area contributed by atoms with Gasteiger partial charge in [0.25, 0.3) is 0 Å². The smallest absolute Gasteiger partial charge is 0.104 e. The summed E-state index contributed by atoms with van der Waals surface area (Å²) in [4.78, 5) is 0. The summed E-state index contributed by atoms with van der Waals surface area (Å²) in [5.41, 5.74) is 0. The molecule has 0 aliphatic heterocycles. The maximum atomic E-state index is 12.6. The SMILES string of the molecule is C=CCC(/C=C/C)C(C)F. The van der Waals surface area contributed by atoms with Crippen molar-refractivity contribution >= 4 is 0 Å². The van der Waals surface area contributed by atoms with Gasteiger partial charge in [-0.2, -0.15) is 0 Å². The van der Waals surface area contributed by atoms with Gasteiger partial charge in [-0.15, -0.1) is 6.58 Å². The van der Waals surface area contributed by atoms with Gasteiger partial charge in [0.05, 0.1) is 0 Å². The van der Waals surface area contributed by atoms with Crippen LogP contribution in [-0.2, 0) is 0 Å². The standard InChI is InChI=1S/C9H15F/c1-4-6-9(7-5-2)8(3)10/h4-5,7-9H,1,6H2,2-3H3/b7-5+. The molecular formula is C9H15F. The first-order valence-corrected chi connectivity index (χ1v) is 3.60. The van der Waals surface area contributed by atoms with Crippen molar-refractivity contribution in [2.24, 2.45) is 5.92 Å². The average Bonchev–Trinajstić information content (AvgIpc) is 1.87. The maximum absolute atomic E-state index is 12.6. The molecule has 0 heterocycles. The molecule has 0 radical (unpaired) electrons. The Bertz CT molecular complexity index is 114. The second-order valence-electron chi connectivity index (χ2n) is 2.39. The van der Waals surface area contributed by atoms with Gasteiger partial charge in [-0.3, -0.25) is 0 Å². The van der Waals surface area contributed by atoms with E-state index in [0.29, 0.717) is 0 Å². The molecule has 0 fully saturated rings. The van der Waals surface area contributed by atoms with Crippen molar-refractivity contribution in [3.8, 4) is 0 Å². The summed E-state index contributed by atoms with van der Waals surface area (Å²) in [5.74, 6) is 0.0162. The first-order chi connectivity index (χ1) is 4.72. The van der Waals surface area contributed by atoms with E-state index in [9.17, 15) is 4.39 Å². The molecule has 2 unspecified atom stereocenters. The quantitative estimate of drug-likeness (QED) is 0.529. The summed E-state index contributed by atoms with van der Waals surface area (Å²) < 4.78 is 12.6. The average molecular weight is 142 g/mol. The molecule has 0 nitrogen and oxygen atoms in total. The summed E-state index contributed by atoms with van der Waals surface area (Å²) in [6, 6.07) is 0. The minimum Gasteiger partial charge on any atom is -0.247 e. The van der Waals surface area contributed by atoms with Gasteiger partial charge in [0.2, 0.25) is 0 Å². The molecule has 0 spiro atoms. The van der Waals surface area contributed by atoms with Crippen LogP contribution in [-0.4, -0.2) is 6.17 Å². The van der Waals surface area contributed by atoms with Crippen molar-refractivity contribution in [1.82, 2.24) is 0 Å². The Balaban J connectivity index is 3.84. The Morgan fingerprint density at radius 1 is 1.60 bits per heavy atom. The number of alkyl halides is 1. The van der Waals surface area contributed by atoms with Crippen molar-refractivity contribution in [3.63, 3.8) is 0 Å². The topological polar surface area (TPSA) is 0 Å². The second kappa shape index (κ2) is 5.21. The van der Waals surface area contributed by atoms with Crippen LogP contribution < -0.4 is 0 Å². The van der Waals surface area contributed by atoms with Gasteiger partial charge in [0.15, 0.2) is 0 Å². The Kier molecular flexibility index (Phi) is 4.91. The number of hydrogen-bond donors (Lipinski definition) is 0. The fraction of sp³-hybridized carbons (Fsp3) is 0.556. The third-order valence-corrected chi connectivity index (χ3v) is 1.47. The molecule has 0 saturated carbocycles. The molecule has 10 heavy (non-hydrogen) atoms. The van der Waals surface area contributed by atoms with E-state index in [2.05, 4.69) is 6.58 Å². The fourth-order valence-electron chi connectivity index (χ4n) is 0.859. The highest BCUT2D eigenvalue weighted by atomic mass is 19.1. The van der Waals surface area contributed by atoms with Crippen LogP contribution in [0.3, 0.4) is 0 Å². The maximum Gasteiger partial charge on any atom is 0.104 e. The summed E-state index contributed by atoms with van der Waals surface area (Å²) in [5, 5.41) is 0. The number of rotatable bonds is 4. The third kappa shape index (κ3) is 3.44. The first kappa shape index (κ1) is 9.41. The summed E-state index contributed by atoms with van der Waals surface area (Å²) in [7, 11) is 0. The number of allylic oxidation sites excluding steroid dienone is 3. The van der Waals surface area contributed by atoms with E-state index in [4.69, 9.17) is 0 Å². The number of hydrogen-bond acceptors (Lipinski definition) is 0. The molecule has 0 saturated heterocycles. The lowest BCUT2D eigenvalue weighted by molar-refractivity contribution is 0.288. The molecule has 0 aromatic heterocycles. The largest absolute Gasteiger partial charge is 0.247 e. The molecule has 58 valence electrons. The van der Waals surface area contributed by atoms with E-state index in [0.717, 1.165) is 6.42 Å². The highest BCUT2D eigenvalue weighted by Gasteiger charge is 2.09. The Morgan fingerprint density at radius 2 is 2.20 bits per heavy atom. The van der Waals surface area contributed by atoms with Crippen LogP contribution in [0.25, 0.3) is 0 Å². The normalized spacial score (nSPS) is 17.1. The number of halogens is 1. The molecule has 0 N–H and O–H groups in total. The summed E-state index contributed by atoms with van der Waals surface area (Å²) in [6.07, 6.45) is 5.47. The van der Waals surface area contributed by atoms with Crippen LogP contribution in [0.5, 0.6) is 0 Å². The highest BCUT2D eigenvalue weighted by molar-refractivity contribution is 4.92. The monoisotopic (exact) mass is 142 g/mol. The van der Waals surface area contributed by atoms with Crippen molar-refractivity contribution < 1.29 is 4.39 Å². The Morgan fingerprint density at radius 3 is 2.50 bits per heavy atom. The molecule has 0 aromatic carbocycles. The van der Waals surface area contributed by atoms with Gasteiger partial charge >= 0.3 is 0 Å². The molecule has 1 heteroatoms. The van der Waals surface area contributed by atoms with Crippen molar-refractivity contribution in [2.45, 2.75) is 26.4 Å². The molecule has 2 atom stereocenters. The van der Waals surface area contributed by atoms with Crippen LogP contribution in [0.15, 0.2) is 24.8 Å². The summed E-state index contributed by atoms with van der Waals surface area (Å²) in [6.45, 7) is 7.04. The lowest BCUT2D eigenvalue weighted by atomic mass is 10.0. The fourth-order valence-corrected chi connectivity index (χ4v) is 0.859. The molecule has 0 aromatic rings. The lowest BCUT2D eigenvalue weighted by Crippen LogP contribution is -2.07. The van der Waals surface area contributed by atoms with Crippen LogP contribution in [0.2, 0.25) is 0 Å². The zero-order valence-electron chi connectivity index (χ0n) is 6.68. The van der Waals surface area contributed by atoms with E-state index >= 15 is 0 Å². The predicted octanol–water partition coefficient (Wildman–Crippen LogP) is 3.11. The van der Waals surface area contributed by atoms with Gasteiger partial charge < -0.3 is 0 Å². The van der Waals surface area contributed by atoms with Crippen LogP contribution in [0.4, 0.5) is 4.39 Å². The van der Waals surface area contributed by atoms with Crippen LogP contribution in [0, 0.1) is 5.92 Å². The van der Waals surface area contributed by atoms with Crippen molar-refractivity contribution in [3.05, 3.63) is 24.8 Å². The van der Waals surface area contributed by atoms with E-state index in [1.807, 2.05) is 19.1 Å². The second-order valence-corrected chi connectivity index (χ2v) is 2.39. The molecule has 0 rings (SSSR count).